The normalized spacial score (nSPS) is 22.9. The first-order valence-corrected chi connectivity index (χ1v) is 21.7. The van der Waals surface area contributed by atoms with E-state index in [4.69, 9.17) is 9.47 Å². The third-order valence-electron chi connectivity index (χ3n) is 11.3. The fraction of sp³-hybridized carbons (Fsp3) is 0.826. The minimum absolute atomic E-state index is 0.224. The largest absolute Gasteiger partial charge is 0.344 e. The van der Waals surface area contributed by atoms with Crippen molar-refractivity contribution in [3.63, 3.8) is 0 Å². The van der Waals surface area contributed by atoms with Crippen molar-refractivity contribution >= 4 is 0 Å². The molecule has 0 aromatic carbocycles. The molecule has 2 fully saturated rings. The van der Waals surface area contributed by atoms with Crippen LogP contribution in [0.1, 0.15) is 207 Å². The molecule has 2 aliphatic heterocycles. The van der Waals surface area contributed by atoms with Crippen LogP contribution in [-0.2, 0) is 9.47 Å². The van der Waals surface area contributed by atoms with Crippen LogP contribution in [0.4, 0.5) is 0 Å². The Morgan fingerprint density at radius 1 is 0.531 bits per heavy atom. The molecule has 0 amide bonds. The van der Waals surface area contributed by atoms with Crippen molar-refractivity contribution in [1.82, 2.24) is 4.90 Å². The lowest BCUT2D eigenvalue weighted by Gasteiger charge is -2.42. The zero-order valence-electron chi connectivity index (χ0n) is 33.5. The van der Waals surface area contributed by atoms with Crippen LogP contribution in [0, 0.1) is 0 Å². The molecule has 0 aromatic heterocycles. The zero-order chi connectivity index (χ0) is 35.3. The molecule has 3 nitrogen and oxygen atoms in total. The van der Waals surface area contributed by atoms with Gasteiger partial charge in [0.05, 0.1) is 6.10 Å². The molecule has 284 valence electrons. The highest BCUT2D eigenvalue weighted by atomic mass is 16.8. The summed E-state index contributed by atoms with van der Waals surface area (Å²) in [5.41, 5.74) is 0. The first-order valence-electron chi connectivity index (χ1n) is 21.7. The molecule has 2 aliphatic rings. The van der Waals surface area contributed by atoms with Crippen molar-refractivity contribution in [2.75, 3.05) is 7.05 Å². The van der Waals surface area contributed by atoms with Crippen molar-refractivity contribution in [2.45, 2.75) is 238 Å². The van der Waals surface area contributed by atoms with Gasteiger partial charge in [-0.2, -0.15) is 0 Å². The number of hydrogen-bond donors (Lipinski definition) is 0. The lowest BCUT2D eigenvalue weighted by Crippen LogP contribution is -2.55. The molecule has 0 saturated carbocycles. The van der Waals surface area contributed by atoms with E-state index < -0.39 is 0 Å². The van der Waals surface area contributed by atoms with Crippen LogP contribution in [0.5, 0.6) is 0 Å². The molecule has 2 saturated heterocycles. The second-order valence-electron chi connectivity index (χ2n) is 15.5. The highest BCUT2D eigenvalue weighted by Gasteiger charge is 2.52. The molecule has 49 heavy (non-hydrogen) atoms. The van der Waals surface area contributed by atoms with Crippen LogP contribution in [0.2, 0.25) is 0 Å². The molecular weight excluding hydrogens is 599 g/mol. The lowest BCUT2D eigenvalue weighted by atomic mass is 9.91. The number of likely N-dealkylation sites (tertiary alicyclic amines) is 1. The number of rotatable bonds is 31. The molecule has 0 aromatic rings. The van der Waals surface area contributed by atoms with E-state index in [0.717, 1.165) is 32.1 Å². The SMILES string of the molecule is CCCCC/C=C\C/C=C\CCCCCCCCC1(CCCCCCCC/C=C\C/C=C\CCCCC)O[C@H]2[C@@H](C)N(C)[C@@H](CC)C[C@H]2O1. The number of allylic oxidation sites excluding steroid dienone is 8. The summed E-state index contributed by atoms with van der Waals surface area (Å²) in [6.07, 6.45) is 54.8. The van der Waals surface area contributed by atoms with E-state index in [-0.39, 0.29) is 18.0 Å². The Balaban J connectivity index is 1.63. The van der Waals surface area contributed by atoms with Crippen molar-refractivity contribution in [3.05, 3.63) is 48.6 Å². The molecule has 2 heterocycles. The topological polar surface area (TPSA) is 21.7 Å². The molecule has 0 radical (unpaired) electrons. The first-order chi connectivity index (χ1) is 24.1. The van der Waals surface area contributed by atoms with Gasteiger partial charge in [-0.15, -0.1) is 0 Å². The second kappa shape index (κ2) is 29.4. The summed E-state index contributed by atoms with van der Waals surface area (Å²) < 4.78 is 14.0. The highest BCUT2D eigenvalue weighted by molar-refractivity contribution is 4.99. The Labute approximate surface area is 306 Å². The number of nitrogens with zero attached hydrogens (tertiary/aromatic N) is 1. The van der Waals surface area contributed by atoms with Gasteiger partial charge in [0.2, 0.25) is 0 Å². The standard InChI is InChI=1S/C46H83NO2/c1-6-9-11-13-15-17-19-21-23-25-27-29-31-33-35-37-39-46(48-44-41-43(8-3)47(5)42(4)45(44)49-46)40-38-36-34-32-30-28-26-24-22-20-18-16-14-12-10-7-2/h15-18,21-24,42-45H,6-14,19-20,25-41H2,1-5H3/b17-15-,18-16-,23-21-,24-22-/t42-,43+,44-,45+/m1/s1. The number of ether oxygens (including phenoxy) is 2. The first kappa shape index (κ1) is 44.0. The number of fused-ring (bicyclic) bond motifs is 1. The Morgan fingerprint density at radius 2 is 0.939 bits per heavy atom. The number of piperidine rings is 1. The number of likely N-dealkylation sites (N-methyl/N-ethyl adjacent to an activating group) is 1. The summed E-state index contributed by atoms with van der Waals surface area (Å²) in [6.45, 7) is 9.23. The van der Waals surface area contributed by atoms with Gasteiger partial charge in [-0.05, 0) is 104 Å². The fourth-order valence-electron chi connectivity index (χ4n) is 7.87. The van der Waals surface area contributed by atoms with E-state index >= 15 is 0 Å². The summed E-state index contributed by atoms with van der Waals surface area (Å²) in [5, 5.41) is 0. The third kappa shape index (κ3) is 19.9. The highest BCUT2D eigenvalue weighted by Crippen LogP contribution is 2.43. The van der Waals surface area contributed by atoms with Gasteiger partial charge in [0.25, 0.3) is 0 Å². The number of hydrogen-bond acceptors (Lipinski definition) is 3. The van der Waals surface area contributed by atoms with Crippen LogP contribution in [0.3, 0.4) is 0 Å². The Kier molecular flexibility index (Phi) is 26.4. The van der Waals surface area contributed by atoms with Gasteiger partial charge in [-0.1, -0.05) is 146 Å². The van der Waals surface area contributed by atoms with E-state index in [1.807, 2.05) is 0 Å². The molecule has 3 heteroatoms. The van der Waals surface area contributed by atoms with E-state index in [1.54, 1.807) is 0 Å². The molecule has 0 unspecified atom stereocenters. The summed E-state index contributed by atoms with van der Waals surface area (Å²) in [6, 6.07) is 1.04. The third-order valence-corrected chi connectivity index (χ3v) is 11.3. The van der Waals surface area contributed by atoms with Crippen molar-refractivity contribution in [3.8, 4) is 0 Å². The van der Waals surface area contributed by atoms with Crippen LogP contribution in [0.15, 0.2) is 48.6 Å². The van der Waals surface area contributed by atoms with Gasteiger partial charge in [-0.25, -0.2) is 0 Å². The smallest absolute Gasteiger partial charge is 0.169 e. The molecule has 2 rings (SSSR count). The Morgan fingerprint density at radius 3 is 1.37 bits per heavy atom. The summed E-state index contributed by atoms with van der Waals surface area (Å²) >= 11 is 0. The van der Waals surface area contributed by atoms with E-state index in [9.17, 15) is 0 Å². The molecule has 0 spiro atoms. The average Bonchev–Trinajstić information content (AvgIpc) is 3.48. The maximum atomic E-state index is 6.99. The van der Waals surface area contributed by atoms with Crippen molar-refractivity contribution < 1.29 is 9.47 Å². The van der Waals surface area contributed by atoms with Crippen LogP contribution in [-0.4, -0.2) is 42.0 Å². The minimum atomic E-state index is -0.350. The average molecular weight is 682 g/mol. The summed E-state index contributed by atoms with van der Waals surface area (Å²) in [5.74, 6) is -0.350. The zero-order valence-corrected chi connectivity index (χ0v) is 33.5. The predicted octanol–water partition coefficient (Wildman–Crippen LogP) is 14.4. The number of unbranched alkanes of at least 4 members (excludes halogenated alkanes) is 18. The van der Waals surface area contributed by atoms with Crippen LogP contribution in [0.25, 0.3) is 0 Å². The second-order valence-corrected chi connectivity index (χ2v) is 15.5. The maximum absolute atomic E-state index is 6.99. The van der Waals surface area contributed by atoms with Crippen molar-refractivity contribution in [1.29, 1.82) is 0 Å². The Bertz CT molecular complexity index is 826. The van der Waals surface area contributed by atoms with Gasteiger partial charge < -0.3 is 9.47 Å². The van der Waals surface area contributed by atoms with Gasteiger partial charge >= 0.3 is 0 Å². The quantitative estimate of drug-likeness (QED) is 0.0537. The van der Waals surface area contributed by atoms with Gasteiger partial charge in [-0.3, -0.25) is 4.90 Å². The predicted molar refractivity (Wildman–Crippen MR) is 216 cm³/mol. The molecule has 0 bridgehead atoms. The summed E-state index contributed by atoms with van der Waals surface area (Å²) in [7, 11) is 2.29. The molecular formula is C46H83NO2. The van der Waals surface area contributed by atoms with Crippen molar-refractivity contribution in [2.24, 2.45) is 0 Å². The van der Waals surface area contributed by atoms with E-state index in [0.29, 0.717) is 12.1 Å². The summed E-state index contributed by atoms with van der Waals surface area (Å²) in [4.78, 5) is 2.56. The molecule has 0 N–H and O–H groups in total. The van der Waals surface area contributed by atoms with Gasteiger partial charge in [0, 0.05) is 24.9 Å². The van der Waals surface area contributed by atoms with Gasteiger partial charge in [0.1, 0.15) is 6.10 Å². The molecule has 0 aliphatic carbocycles. The van der Waals surface area contributed by atoms with Crippen LogP contribution < -0.4 is 0 Å². The lowest BCUT2D eigenvalue weighted by molar-refractivity contribution is -0.187. The van der Waals surface area contributed by atoms with Gasteiger partial charge in [0.15, 0.2) is 5.79 Å². The van der Waals surface area contributed by atoms with E-state index in [2.05, 4.69) is 88.3 Å². The van der Waals surface area contributed by atoms with E-state index in [1.165, 1.54) is 148 Å². The fourth-order valence-corrected chi connectivity index (χ4v) is 7.87. The molecule has 4 atom stereocenters. The Hall–Kier alpha value is -1.16. The maximum Gasteiger partial charge on any atom is 0.169 e. The monoisotopic (exact) mass is 682 g/mol. The minimum Gasteiger partial charge on any atom is -0.344 e. The van der Waals surface area contributed by atoms with Crippen LogP contribution >= 0.6 is 0 Å².